The standard InChI is InChI=1S/C16H26N2O3/c1-11-10-17(6-5-15(19)21-2)7-8-18(11)16(20)14-9-13(14)12-3-4-12/h11-14H,3-10H2,1-2H3/t11-,13+,14+/m0/s1. The molecule has 5 heteroatoms. The highest BCUT2D eigenvalue weighted by Gasteiger charge is 2.52. The minimum absolute atomic E-state index is 0.161. The Morgan fingerprint density at radius 2 is 2.00 bits per heavy atom. The van der Waals surface area contributed by atoms with Crippen LogP contribution in [0.15, 0.2) is 0 Å². The van der Waals surface area contributed by atoms with Crippen LogP contribution in [0.5, 0.6) is 0 Å². The van der Waals surface area contributed by atoms with Gasteiger partial charge < -0.3 is 9.64 Å². The van der Waals surface area contributed by atoms with Crippen LogP contribution < -0.4 is 0 Å². The Labute approximate surface area is 126 Å². The first-order valence-corrected chi connectivity index (χ1v) is 8.19. The maximum atomic E-state index is 12.6. The van der Waals surface area contributed by atoms with Gasteiger partial charge in [0.05, 0.1) is 13.5 Å². The van der Waals surface area contributed by atoms with Gasteiger partial charge in [-0.3, -0.25) is 14.5 Å². The number of ether oxygens (including phenoxy) is 1. The highest BCUT2D eigenvalue weighted by atomic mass is 16.5. The maximum Gasteiger partial charge on any atom is 0.306 e. The fourth-order valence-corrected chi connectivity index (χ4v) is 3.67. The molecule has 3 aliphatic rings. The van der Waals surface area contributed by atoms with Crippen molar-refractivity contribution in [3.05, 3.63) is 0 Å². The van der Waals surface area contributed by atoms with E-state index in [-0.39, 0.29) is 12.0 Å². The Kier molecular flexibility index (Phi) is 4.20. The maximum absolute atomic E-state index is 12.6. The van der Waals surface area contributed by atoms with E-state index in [1.807, 2.05) is 0 Å². The molecule has 5 nitrogen and oxygen atoms in total. The van der Waals surface area contributed by atoms with Crippen LogP contribution in [0.2, 0.25) is 0 Å². The fraction of sp³-hybridized carbons (Fsp3) is 0.875. The molecule has 0 N–H and O–H groups in total. The van der Waals surface area contributed by atoms with Crippen molar-refractivity contribution >= 4 is 11.9 Å². The summed E-state index contributed by atoms with van der Waals surface area (Å²) in [6, 6.07) is 0.254. The highest BCUT2D eigenvalue weighted by Crippen LogP contribution is 2.55. The van der Waals surface area contributed by atoms with E-state index >= 15 is 0 Å². The Hall–Kier alpha value is -1.10. The first kappa shape index (κ1) is 14.8. The molecule has 3 atom stereocenters. The van der Waals surface area contributed by atoms with E-state index in [0.717, 1.165) is 38.5 Å². The number of hydrogen-bond donors (Lipinski definition) is 0. The lowest BCUT2D eigenvalue weighted by Gasteiger charge is -2.40. The summed E-state index contributed by atoms with van der Waals surface area (Å²) in [5.74, 6) is 2.10. The number of nitrogens with zero attached hydrogens (tertiary/aromatic N) is 2. The summed E-state index contributed by atoms with van der Waals surface area (Å²) in [6.07, 6.45) is 4.24. The summed E-state index contributed by atoms with van der Waals surface area (Å²) in [7, 11) is 1.42. The molecule has 2 saturated carbocycles. The molecule has 1 aliphatic heterocycles. The molecule has 0 aromatic heterocycles. The topological polar surface area (TPSA) is 49.9 Å². The Balaban J connectivity index is 1.44. The van der Waals surface area contributed by atoms with Gasteiger partial charge in [-0.1, -0.05) is 0 Å². The molecule has 0 unspecified atom stereocenters. The number of rotatable bonds is 5. The minimum Gasteiger partial charge on any atom is -0.469 e. The van der Waals surface area contributed by atoms with E-state index in [4.69, 9.17) is 0 Å². The molecule has 0 spiro atoms. The van der Waals surface area contributed by atoms with Crippen LogP contribution in [0.4, 0.5) is 0 Å². The molecule has 1 saturated heterocycles. The van der Waals surface area contributed by atoms with Crippen molar-refractivity contribution in [2.24, 2.45) is 17.8 Å². The van der Waals surface area contributed by atoms with Crippen molar-refractivity contribution in [3.8, 4) is 0 Å². The van der Waals surface area contributed by atoms with Gasteiger partial charge in [-0.15, -0.1) is 0 Å². The normalized spacial score (nSPS) is 32.9. The molecule has 0 radical (unpaired) electrons. The van der Waals surface area contributed by atoms with E-state index < -0.39 is 0 Å². The van der Waals surface area contributed by atoms with Crippen molar-refractivity contribution < 1.29 is 14.3 Å². The van der Waals surface area contributed by atoms with Gasteiger partial charge in [-0.05, 0) is 38.0 Å². The van der Waals surface area contributed by atoms with Gasteiger partial charge >= 0.3 is 5.97 Å². The zero-order chi connectivity index (χ0) is 15.0. The lowest BCUT2D eigenvalue weighted by Crippen LogP contribution is -2.54. The summed E-state index contributed by atoms with van der Waals surface area (Å²) in [5.41, 5.74) is 0. The molecule has 0 aromatic rings. The van der Waals surface area contributed by atoms with E-state index in [1.165, 1.54) is 20.0 Å². The molecular formula is C16H26N2O3. The van der Waals surface area contributed by atoms with Crippen LogP contribution in [0, 0.1) is 17.8 Å². The zero-order valence-corrected chi connectivity index (χ0v) is 13.1. The van der Waals surface area contributed by atoms with Crippen molar-refractivity contribution in [2.75, 3.05) is 33.3 Å². The third-order valence-electron chi connectivity index (χ3n) is 5.24. The quantitative estimate of drug-likeness (QED) is 0.713. The van der Waals surface area contributed by atoms with E-state index in [9.17, 15) is 9.59 Å². The summed E-state index contributed by atoms with van der Waals surface area (Å²) in [5, 5.41) is 0. The van der Waals surface area contributed by atoms with Crippen LogP contribution in [0.25, 0.3) is 0 Å². The zero-order valence-electron chi connectivity index (χ0n) is 13.1. The first-order chi connectivity index (χ1) is 10.1. The molecule has 118 valence electrons. The minimum atomic E-state index is -0.161. The fourth-order valence-electron chi connectivity index (χ4n) is 3.67. The predicted molar refractivity (Wildman–Crippen MR) is 78.6 cm³/mol. The summed E-state index contributed by atoms with van der Waals surface area (Å²) >= 11 is 0. The van der Waals surface area contributed by atoms with Gasteiger partial charge in [0.15, 0.2) is 0 Å². The number of carbonyl (C=O) groups is 2. The van der Waals surface area contributed by atoms with Gasteiger partial charge in [0.25, 0.3) is 0 Å². The lowest BCUT2D eigenvalue weighted by atomic mass is 10.1. The van der Waals surface area contributed by atoms with Gasteiger partial charge in [-0.2, -0.15) is 0 Å². The number of methoxy groups -OCH3 is 1. The second-order valence-electron chi connectivity index (χ2n) is 6.85. The highest BCUT2D eigenvalue weighted by molar-refractivity contribution is 5.82. The van der Waals surface area contributed by atoms with Crippen molar-refractivity contribution in [2.45, 2.75) is 38.6 Å². The second kappa shape index (κ2) is 5.95. The molecule has 1 amide bonds. The molecular weight excluding hydrogens is 268 g/mol. The molecule has 0 aromatic carbocycles. The summed E-state index contributed by atoms with van der Waals surface area (Å²) < 4.78 is 4.68. The molecule has 3 fully saturated rings. The smallest absolute Gasteiger partial charge is 0.306 e. The molecule has 21 heavy (non-hydrogen) atoms. The van der Waals surface area contributed by atoms with Crippen LogP contribution >= 0.6 is 0 Å². The molecule has 3 rings (SSSR count). The monoisotopic (exact) mass is 294 g/mol. The van der Waals surface area contributed by atoms with E-state index in [2.05, 4.69) is 21.5 Å². The number of esters is 1. The van der Waals surface area contributed by atoms with Gasteiger partial charge in [0.2, 0.25) is 5.91 Å². The Morgan fingerprint density at radius 1 is 1.24 bits per heavy atom. The summed E-state index contributed by atoms with van der Waals surface area (Å²) in [6.45, 7) is 5.39. The largest absolute Gasteiger partial charge is 0.469 e. The Morgan fingerprint density at radius 3 is 2.62 bits per heavy atom. The average molecular weight is 294 g/mol. The van der Waals surface area contributed by atoms with E-state index in [1.54, 1.807) is 0 Å². The third-order valence-corrected chi connectivity index (χ3v) is 5.24. The van der Waals surface area contributed by atoms with Gasteiger partial charge in [0.1, 0.15) is 0 Å². The second-order valence-corrected chi connectivity index (χ2v) is 6.85. The number of piperazine rings is 1. The van der Waals surface area contributed by atoms with Crippen LogP contribution in [0.3, 0.4) is 0 Å². The number of hydrogen-bond acceptors (Lipinski definition) is 4. The van der Waals surface area contributed by atoms with E-state index in [0.29, 0.717) is 24.2 Å². The lowest BCUT2D eigenvalue weighted by molar-refractivity contribution is -0.142. The predicted octanol–water partition coefficient (Wildman–Crippen LogP) is 1.13. The molecule has 1 heterocycles. The van der Waals surface area contributed by atoms with Crippen LogP contribution in [0.1, 0.15) is 32.6 Å². The van der Waals surface area contributed by atoms with Gasteiger partial charge in [-0.25, -0.2) is 0 Å². The third kappa shape index (κ3) is 3.39. The molecule has 2 aliphatic carbocycles. The van der Waals surface area contributed by atoms with Crippen molar-refractivity contribution in [1.82, 2.24) is 9.80 Å². The number of amides is 1. The van der Waals surface area contributed by atoms with Crippen LogP contribution in [-0.2, 0) is 14.3 Å². The summed E-state index contributed by atoms with van der Waals surface area (Å²) in [4.78, 5) is 28.1. The molecule has 0 bridgehead atoms. The van der Waals surface area contributed by atoms with Gasteiger partial charge in [0, 0.05) is 38.1 Å². The SMILES string of the molecule is COC(=O)CCN1CCN(C(=O)[C@@H]2C[C@@H]2C2CC2)[C@@H](C)C1. The van der Waals surface area contributed by atoms with Crippen molar-refractivity contribution in [1.29, 1.82) is 0 Å². The Bertz CT molecular complexity index is 422. The van der Waals surface area contributed by atoms with Crippen LogP contribution in [-0.4, -0.2) is 61.0 Å². The average Bonchev–Trinajstić information content (AvgIpc) is 3.35. The number of carbonyl (C=O) groups excluding carboxylic acids is 2. The first-order valence-electron chi connectivity index (χ1n) is 8.19. The van der Waals surface area contributed by atoms with Crippen molar-refractivity contribution in [3.63, 3.8) is 0 Å².